The van der Waals surface area contributed by atoms with Crippen molar-refractivity contribution in [1.29, 1.82) is 0 Å². The van der Waals surface area contributed by atoms with E-state index in [-0.39, 0.29) is 5.91 Å². The molecule has 1 saturated heterocycles. The van der Waals surface area contributed by atoms with Gasteiger partial charge in [0.2, 0.25) is 5.91 Å². The van der Waals surface area contributed by atoms with Gasteiger partial charge in [0.05, 0.1) is 12.7 Å². The van der Waals surface area contributed by atoms with E-state index < -0.39 is 0 Å². The van der Waals surface area contributed by atoms with Crippen LogP contribution < -0.4 is 0 Å². The van der Waals surface area contributed by atoms with E-state index in [1.807, 2.05) is 23.1 Å². The third-order valence-corrected chi connectivity index (χ3v) is 3.88. The van der Waals surface area contributed by atoms with Gasteiger partial charge in [0.15, 0.2) is 0 Å². The van der Waals surface area contributed by atoms with Crippen LogP contribution in [0.2, 0.25) is 0 Å². The molecule has 1 aromatic heterocycles. The van der Waals surface area contributed by atoms with Crippen molar-refractivity contribution in [2.24, 2.45) is 0 Å². The first kappa shape index (κ1) is 13.9. The molecule has 4 nitrogen and oxygen atoms in total. The number of piperazine rings is 1. The molecule has 0 aliphatic carbocycles. The van der Waals surface area contributed by atoms with E-state index in [0.29, 0.717) is 6.42 Å². The van der Waals surface area contributed by atoms with Gasteiger partial charge in [-0.2, -0.15) is 0 Å². The molecule has 0 atom stereocenters. The molecule has 0 N–H and O–H groups in total. The summed E-state index contributed by atoms with van der Waals surface area (Å²) < 4.78 is 5.24. The summed E-state index contributed by atoms with van der Waals surface area (Å²) in [5, 5.41) is 0. The molecule has 1 aromatic carbocycles. The van der Waals surface area contributed by atoms with Crippen LogP contribution in [0.25, 0.3) is 0 Å². The standard InChI is InChI=1S/C17H20N2O2/c20-17(13-16-7-4-12-21-16)19-10-8-18(9-11-19)14-15-5-2-1-3-6-15/h1-7,12H,8-11,13-14H2. The Hall–Kier alpha value is -2.07. The average Bonchev–Trinajstić information content (AvgIpc) is 3.02. The molecule has 110 valence electrons. The first-order valence-corrected chi connectivity index (χ1v) is 7.38. The summed E-state index contributed by atoms with van der Waals surface area (Å²) in [5.41, 5.74) is 1.33. The Balaban J connectivity index is 1.47. The highest BCUT2D eigenvalue weighted by Crippen LogP contribution is 2.10. The predicted octanol–water partition coefficient (Wildman–Crippen LogP) is 2.17. The van der Waals surface area contributed by atoms with Gasteiger partial charge in [-0.3, -0.25) is 9.69 Å². The van der Waals surface area contributed by atoms with Crippen molar-refractivity contribution in [3.05, 3.63) is 60.1 Å². The van der Waals surface area contributed by atoms with Crippen molar-refractivity contribution in [2.75, 3.05) is 26.2 Å². The van der Waals surface area contributed by atoms with E-state index in [0.717, 1.165) is 38.5 Å². The minimum atomic E-state index is 0.157. The second kappa shape index (κ2) is 6.59. The van der Waals surface area contributed by atoms with Crippen molar-refractivity contribution in [3.8, 4) is 0 Å². The van der Waals surface area contributed by atoms with E-state index >= 15 is 0 Å². The van der Waals surface area contributed by atoms with E-state index in [1.165, 1.54) is 5.56 Å². The molecule has 21 heavy (non-hydrogen) atoms. The SMILES string of the molecule is O=C(Cc1ccco1)N1CCN(Cc2ccccc2)CC1. The minimum Gasteiger partial charge on any atom is -0.469 e. The Morgan fingerprint density at radius 3 is 2.43 bits per heavy atom. The smallest absolute Gasteiger partial charge is 0.230 e. The first-order chi connectivity index (χ1) is 10.3. The van der Waals surface area contributed by atoms with E-state index in [2.05, 4.69) is 29.2 Å². The van der Waals surface area contributed by atoms with Crippen LogP contribution in [-0.2, 0) is 17.8 Å². The van der Waals surface area contributed by atoms with Gasteiger partial charge in [-0.25, -0.2) is 0 Å². The quantitative estimate of drug-likeness (QED) is 0.863. The normalized spacial score (nSPS) is 16.1. The molecule has 1 aliphatic heterocycles. The molecule has 1 fully saturated rings. The second-order valence-corrected chi connectivity index (χ2v) is 5.40. The number of carbonyl (C=O) groups is 1. The Morgan fingerprint density at radius 2 is 1.76 bits per heavy atom. The molecule has 1 amide bonds. The monoisotopic (exact) mass is 284 g/mol. The summed E-state index contributed by atoms with van der Waals surface area (Å²) in [7, 11) is 0. The zero-order valence-corrected chi connectivity index (χ0v) is 12.1. The van der Waals surface area contributed by atoms with Gasteiger partial charge in [-0.15, -0.1) is 0 Å². The van der Waals surface area contributed by atoms with Gasteiger partial charge in [0.25, 0.3) is 0 Å². The maximum absolute atomic E-state index is 12.2. The van der Waals surface area contributed by atoms with Crippen LogP contribution in [-0.4, -0.2) is 41.9 Å². The molecule has 0 spiro atoms. The number of amides is 1. The molecule has 0 bridgehead atoms. The van der Waals surface area contributed by atoms with Crippen molar-refractivity contribution in [1.82, 2.24) is 9.80 Å². The minimum absolute atomic E-state index is 0.157. The summed E-state index contributed by atoms with van der Waals surface area (Å²) in [6.45, 7) is 4.41. The fraction of sp³-hybridized carbons (Fsp3) is 0.353. The number of benzene rings is 1. The molecule has 0 unspecified atom stereocenters. The van der Waals surface area contributed by atoms with E-state index in [1.54, 1.807) is 6.26 Å². The second-order valence-electron chi connectivity index (χ2n) is 5.40. The van der Waals surface area contributed by atoms with Crippen LogP contribution in [0.15, 0.2) is 53.1 Å². The predicted molar refractivity (Wildman–Crippen MR) is 80.7 cm³/mol. The lowest BCUT2D eigenvalue weighted by atomic mass is 10.2. The van der Waals surface area contributed by atoms with Gasteiger partial charge in [0.1, 0.15) is 5.76 Å². The van der Waals surface area contributed by atoms with Crippen LogP contribution in [0.5, 0.6) is 0 Å². The van der Waals surface area contributed by atoms with Crippen LogP contribution in [0, 0.1) is 0 Å². The van der Waals surface area contributed by atoms with Crippen molar-refractivity contribution in [3.63, 3.8) is 0 Å². The maximum Gasteiger partial charge on any atom is 0.230 e. The number of carbonyl (C=O) groups excluding carboxylic acids is 1. The van der Waals surface area contributed by atoms with Gasteiger partial charge < -0.3 is 9.32 Å². The Kier molecular flexibility index (Phi) is 4.36. The van der Waals surface area contributed by atoms with Crippen molar-refractivity contribution in [2.45, 2.75) is 13.0 Å². The molecular weight excluding hydrogens is 264 g/mol. The van der Waals surface area contributed by atoms with Gasteiger partial charge in [-0.1, -0.05) is 30.3 Å². The van der Waals surface area contributed by atoms with Crippen molar-refractivity contribution >= 4 is 5.91 Å². The number of hydrogen-bond acceptors (Lipinski definition) is 3. The number of furan rings is 1. The topological polar surface area (TPSA) is 36.7 Å². The molecule has 2 aromatic rings. The summed E-state index contributed by atoms with van der Waals surface area (Å²) in [5.74, 6) is 0.899. The highest BCUT2D eigenvalue weighted by molar-refractivity contribution is 5.78. The molecule has 4 heteroatoms. The summed E-state index contributed by atoms with van der Waals surface area (Å²) in [6.07, 6.45) is 1.98. The third kappa shape index (κ3) is 3.73. The van der Waals surface area contributed by atoms with E-state index in [4.69, 9.17) is 4.42 Å². The molecular formula is C17H20N2O2. The highest BCUT2D eigenvalue weighted by Gasteiger charge is 2.21. The first-order valence-electron chi connectivity index (χ1n) is 7.38. The number of nitrogens with zero attached hydrogens (tertiary/aromatic N) is 2. The van der Waals surface area contributed by atoms with Gasteiger partial charge in [-0.05, 0) is 17.7 Å². The average molecular weight is 284 g/mol. The van der Waals surface area contributed by atoms with Gasteiger partial charge >= 0.3 is 0 Å². The van der Waals surface area contributed by atoms with Crippen LogP contribution in [0.4, 0.5) is 0 Å². The van der Waals surface area contributed by atoms with Crippen LogP contribution >= 0.6 is 0 Å². The Morgan fingerprint density at radius 1 is 1.00 bits per heavy atom. The maximum atomic E-state index is 12.2. The molecule has 1 aliphatic rings. The fourth-order valence-corrected chi connectivity index (χ4v) is 2.67. The highest BCUT2D eigenvalue weighted by atomic mass is 16.3. The fourth-order valence-electron chi connectivity index (χ4n) is 2.67. The largest absolute Gasteiger partial charge is 0.469 e. The molecule has 0 radical (unpaired) electrons. The lowest BCUT2D eigenvalue weighted by Gasteiger charge is -2.34. The lowest BCUT2D eigenvalue weighted by molar-refractivity contribution is -0.132. The van der Waals surface area contributed by atoms with Crippen molar-refractivity contribution < 1.29 is 9.21 Å². The zero-order valence-electron chi connectivity index (χ0n) is 12.1. The third-order valence-electron chi connectivity index (χ3n) is 3.88. The zero-order chi connectivity index (χ0) is 14.5. The summed E-state index contributed by atoms with van der Waals surface area (Å²) in [4.78, 5) is 16.5. The Labute approximate surface area is 125 Å². The molecule has 2 heterocycles. The molecule has 3 rings (SSSR count). The number of hydrogen-bond donors (Lipinski definition) is 0. The van der Waals surface area contributed by atoms with Crippen LogP contribution in [0.1, 0.15) is 11.3 Å². The van der Waals surface area contributed by atoms with Crippen LogP contribution in [0.3, 0.4) is 0 Å². The van der Waals surface area contributed by atoms with E-state index in [9.17, 15) is 4.79 Å². The Bertz CT molecular complexity index is 558. The van der Waals surface area contributed by atoms with Gasteiger partial charge in [0, 0.05) is 32.7 Å². The lowest BCUT2D eigenvalue weighted by Crippen LogP contribution is -2.48. The molecule has 0 saturated carbocycles. The summed E-state index contributed by atoms with van der Waals surface area (Å²) >= 11 is 0. The summed E-state index contributed by atoms with van der Waals surface area (Å²) in [6, 6.07) is 14.1. The number of rotatable bonds is 4.